The Morgan fingerprint density at radius 1 is 1.00 bits per heavy atom. The highest BCUT2D eigenvalue weighted by molar-refractivity contribution is 7.00. The molecule has 1 atom stereocenters. The van der Waals surface area contributed by atoms with Crippen molar-refractivity contribution in [2.75, 3.05) is 0 Å². The van der Waals surface area contributed by atoms with Gasteiger partial charge in [-0.2, -0.15) is 0 Å². The predicted octanol–water partition coefficient (Wildman–Crippen LogP) is 5.89. The molecule has 158 valence electrons. The molecule has 1 aromatic heterocycles. The Labute approximate surface area is 196 Å². The van der Waals surface area contributed by atoms with Gasteiger partial charge in [0.1, 0.15) is 16.5 Å². The number of nitrogens with zero attached hydrogens (tertiary/aromatic N) is 1. The average Bonchev–Trinajstić information content (AvgIpc) is 2.84. The molecular formula is C29H34NSi+. The summed E-state index contributed by atoms with van der Waals surface area (Å²) >= 11 is 0. The topological polar surface area (TPSA) is 3.88 Å². The van der Waals surface area contributed by atoms with Crippen LogP contribution < -0.4 is 14.9 Å². The van der Waals surface area contributed by atoms with E-state index < -0.39 is 20.8 Å². The minimum Gasteiger partial charge on any atom is -0.200 e. The van der Waals surface area contributed by atoms with E-state index >= 15 is 0 Å². The zero-order chi connectivity index (χ0) is 27.5. The first-order chi connectivity index (χ1) is 17.1. The van der Waals surface area contributed by atoms with Crippen LogP contribution in [-0.2, 0) is 7.05 Å². The fourth-order valence-corrected chi connectivity index (χ4v) is 6.66. The molecule has 1 unspecified atom stereocenters. The fraction of sp³-hybridized carbons (Fsp3) is 0.276. The molecule has 0 N–H and O–H groups in total. The summed E-state index contributed by atoms with van der Waals surface area (Å²) in [7, 11) is -0.262. The second kappa shape index (κ2) is 8.09. The van der Waals surface area contributed by atoms with Crippen molar-refractivity contribution in [3.05, 3.63) is 89.6 Å². The van der Waals surface area contributed by atoms with Gasteiger partial charge >= 0.3 is 0 Å². The van der Waals surface area contributed by atoms with E-state index in [2.05, 4.69) is 49.5 Å². The van der Waals surface area contributed by atoms with Crippen LogP contribution >= 0.6 is 0 Å². The van der Waals surface area contributed by atoms with Gasteiger partial charge in [0, 0.05) is 11.5 Å². The molecule has 1 heterocycles. The third kappa shape index (κ3) is 3.85. The summed E-state index contributed by atoms with van der Waals surface area (Å²) in [5, 5.41) is 4.03. The maximum absolute atomic E-state index is 8.82. The molecule has 0 saturated heterocycles. The highest BCUT2D eigenvalue weighted by Crippen LogP contribution is 2.32. The molecule has 0 amide bonds. The van der Waals surface area contributed by atoms with Crippen molar-refractivity contribution < 1.29 is 12.8 Å². The lowest BCUT2D eigenvalue weighted by molar-refractivity contribution is -0.659. The van der Waals surface area contributed by atoms with Crippen molar-refractivity contribution in [1.29, 1.82) is 0 Å². The van der Waals surface area contributed by atoms with E-state index in [9.17, 15) is 0 Å². The Morgan fingerprint density at radius 2 is 1.74 bits per heavy atom. The van der Waals surface area contributed by atoms with Gasteiger partial charge in [0.05, 0.1) is 12.3 Å². The van der Waals surface area contributed by atoms with Gasteiger partial charge in [0.25, 0.3) is 0 Å². The summed E-state index contributed by atoms with van der Waals surface area (Å²) in [5.74, 6) is -1.79. The van der Waals surface area contributed by atoms with Crippen molar-refractivity contribution >= 4 is 29.2 Å². The quantitative estimate of drug-likeness (QED) is 0.280. The van der Waals surface area contributed by atoms with Crippen LogP contribution in [0.2, 0.25) is 13.1 Å². The largest absolute Gasteiger partial charge is 0.220 e. The molecule has 0 aliphatic rings. The van der Waals surface area contributed by atoms with E-state index in [1.165, 1.54) is 17.3 Å². The van der Waals surface area contributed by atoms with Crippen LogP contribution in [0.5, 0.6) is 0 Å². The van der Waals surface area contributed by atoms with E-state index in [4.69, 9.17) is 8.22 Å². The number of aryl methyl sites for hydroxylation is 1. The van der Waals surface area contributed by atoms with Gasteiger partial charge in [-0.15, -0.1) is 0 Å². The zero-order valence-corrected chi connectivity index (χ0v) is 20.2. The molecular weight excluding hydrogens is 390 g/mol. The van der Waals surface area contributed by atoms with Crippen molar-refractivity contribution in [3.8, 4) is 11.3 Å². The first-order valence-corrected chi connectivity index (χ1v) is 13.7. The Bertz CT molecular complexity index is 1510. The Morgan fingerprint density at radius 3 is 2.45 bits per heavy atom. The monoisotopic (exact) mass is 430 g/mol. The highest BCUT2D eigenvalue weighted by Gasteiger charge is 2.27. The lowest BCUT2D eigenvalue weighted by Gasteiger charge is -2.24. The summed E-state index contributed by atoms with van der Waals surface area (Å²) in [6.45, 7) is 7.42. The minimum absolute atomic E-state index is 0.0887. The molecule has 0 aliphatic heterocycles. The molecule has 2 heteroatoms. The maximum atomic E-state index is 8.82. The number of pyridine rings is 1. The summed E-state index contributed by atoms with van der Waals surface area (Å²) in [5.41, 5.74) is 3.80. The molecule has 0 fully saturated rings. The molecule has 0 saturated carbocycles. The second-order valence-corrected chi connectivity index (χ2v) is 13.4. The smallest absolute Gasteiger partial charge is 0.200 e. The van der Waals surface area contributed by atoms with Crippen molar-refractivity contribution in [2.24, 2.45) is 7.05 Å². The number of rotatable bonds is 4. The average molecular weight is 431 g/mol. The SMILES string of the molecule is [2H]c1c([2H])[n+](C)c(-c2cc(C([2H])(C)C([2H])([2H])[2H])cc(C)c2C)c2ccc([Si](C)(C)c3ccccc3)cc12. The third-order valence-electron chi connectivity index (χ3n) is 6.54. The summed E-state index contributed by atoms with van der Waals surface area (Å²) in [6, 6.07) is 20.4. The number of benzene rings is 3. The van der Waals surface area contributed by atoms with Gasteiger partial charge < -0.3 is 0 Å². The Hall–Kier alpha value is -2.71. The van der Waals surface area contributed by atoms with Gasteiger partial charge in [-0.1, -0.05) is 85.8 Å². The molecule has 4 rings (SSSR count). The fourth-order valence-electron chi connectivity index (χ4n) is 4.29. The molecule has 0 bridgehead atoms. The standard InChI is InChI=1S/C29H34NSi/c1-20(2)24-17-21(3)22(4)28(19-24)29-27-14-13-26(18-23(27)15-16-30(29)5)31(6,7)25-11-9-8-10-12-25/h8-20H,1-7H3/q+1/i1D3,15D,16D,20D. The van der Waals surface area contributed by atoms with E-state index in [0.717, 1.165) is 27.8 Å². The van der Waals surface area contributed by atoms with Gasteiger partial charge in [0.15, 0.2) is 6.17 Å². The Balaban J connectivity index is 2.03. The molecule has 3 aromatic carbocycles. The first-order valence-electron chi connectivity index (χ1n) is 13.7. The van der Waals surface area contributed by atoms with Crippen LogP contribution in [-0.4, -0.2) is 8.07 Å². The van der Waals surface area contributed by atoms with Crippen LogP contribution in [0.3, 0.4) is 0 Å². The highest BCUT2D eigenvalue weighted by atomic mass is 28.3. The number of hydrogen-bond donors (Lipinski definition) is 0. The number of fused-ring (bicyclic) bond motifs is 1. The van der Waals surface area contributed by atoms with Crippen LogP contribution in [0.25, 0.3) is 22.0 Å². The van der Waals surface area contributed by atoms with Crippen LogP contribution in [0, 0.1) is 13.8 Å². The molecule has 4 aromatic rings. The van der Waals surface area contributed by atoms with E-state index in [-0.39, 0.29) is 12.2 Å². The molecule has 1 nitrogen and oxygen atoms in total. The maximum Gasteiger partial charge on any atom is 0.220 e. The van der Waals surface area contributed by atoms with E-state index in [1.807, 2.05) is 26.0 Å². The first kappa shape index (κ1) is 15.1. The van der Waals surface area contributed by atoms with Crippen LogP contribution in [0.15, 0.2) is 72.9 Å². The van der Waals surface area contributed by atoms with E-state index in [0.29, 0.717) is 10.9 Å². The van der Waals surface area contributed by atoms with Crippen molar-refractivity contribution in [1.82, 2.24) is 0 Å². The van der Waals surface area contributed by atoms with Crippen LogP contribution in [0.1, 0.15) is 44.6 Å². The molecule has 0 aliphatic carbocycles. The summed E-state index contributed by atoms with van der Waals surface area (Å²) < 4.78 is 51.8. The summed E-state index contributed by atoms with van der Waals surface area (Å²) in [4.78, 5) is 0. The van der Waals surface area contributed by atoms with Gasteiger partial charge in [-0.3, -0.25) is 0 Å². The van der Waals surface area contributed by atoms with Crippen molar-refractivity contribution in [2.45, 2.75) is 46.6 Å². The molecule has 31 heavy (non-hydrogen) atoms. The van der Waals surface area contributed by atoms with Crippen LogP contribution in [0.4, 0.5) is 0 Å². The van der Waals surface area contributed by atoms with Crippen molar-refractivity contribution in [3.63, 3.8) is 0 Å². The Kier molecular flexibility index (Phi) is 3.95. The third-order valence-corrected chi connectivity index (χ3v) is 10.1. The predicted molar refractivity (Wildman–Crippen MR) is 137 cm³/mol. The number of aromatic nitrogens is 1. The molecule has 0 radical (unpaired) electrons. The normalized spacial score (nSPS) is 17.1. The van der Waals surface area contributed by atoms with Gasteiger partial charge in [-0.05, 0) is 54.0 Å². The lowest BCUT2D eigenvalue weighted by Crippen LogP contribution is -2.52. The lowest BCUT2D eigenvalue weighted by atomic mass is 9.91. The number of hydrogen-bond acceptors (Lipinski definition) is 0. The second-order valence-electron chi connectivity index (χ2n) is 8.99. The van der Waals surface area contributed by atoms with Gasteiger partial charge in [0.2, 0.25) is 5.69 Å². The zero-order valence-electron chi connectivity index (χ0n) is 25.2. The molecule has 0 spiro atoms. The summed E-state index contributed by atoms with van der Waals surface area (Å²) in [6.07, 6.45) is 0.0887. The van der Waals surface area contributed by atoms with Gasteiger partial charge in [-0.25, -0.2) is 4.57 Å². The van der Waals surface area contributed by atoms with E-state index in [1.54, 1.807) is 23.7 Å². The minimum atomic E-state index is -2.50.